The van der Waals surface area contributed by atoms with E-state index in [9.17, 15) is 9.18 Å². The highest BCUT2D eigenvalue weighted by Crippen LogP contribution is 2.21. The lowest BCUT2D eigenvalue weighted by atomic mass is 10.1. The van der Waals surface area contributed by atoms with Crippen LogP contribution >= 0.6 is 0 Å². The average molecular weight is 253 g/mol. The number of nitrogen functional groups attached to an aromatic ring is 1. The molecular formula is C13H20FN3O. The van der Waals surface area contributed by atoms with Gasteiger partial charge in [0, 0.05) is 12.6 Å². The van der Waals surface area contributed by atoms with E-state index >= 15 is 0 Å². The summed E-state index contributed by atoms with van der Waals surface area (Å²) >= 11 is 0. The van der Waals surface area contributed by atoms with Crippen molar-refractivity contribution in [3.8, 4) is 0 Å². The van der Waals surface area contributed by atoms with Gasteiger partial charge in [-0.25, -0.2) is 4.39 Å². The summed E-state index contributed by atoms with van der Waals surface area (Å²) < 4.78 is 13.5. The van der Waals surface area contributed by atoms with E-state index in [0.717, 1.165) is 6.42 Å². The van der Waals surface area contributed by atoms with Crippen molar-refractivity contribution in [2.24, 2.45) is 5.84 Å². The molecule has 0 saturated carbocycles. The normalized spacial score (nSPS) is 12.1. The number of carbonyl (C=O) groups is 1. The molecule has 0 radical (unpaired) electrons. The van der Waals surface area contributed by atoms with Crippen LogP contribution in [0.4, 0.5) is 10.1 Å². The van der Waals surface area contributed by atoms with Crippen molar-refractivity contribution in [1.29, 1.82) is 0 Å². The van der Waals surface area contributed by atoms with E-state index in [-0.39, 0.29) is 23.2 Å². The molecule has 4 nitrogen and oxygen atoms in total. The van der Waals surface area contributed by atoms with Crippen LogP contribution in [0.3, 0.4) is 0 Å². The van der Waals surface area contributed by atoms with Crippen molar-refractivity contribution in [3.63, 3.8) is 0 Å². The zero-order chi connectivity index (χ0) is 13.7. The van der Waals surface area contributed by atoms with Crippen molar-refractivity contribution in [2.75, 3.05) is 12.0 Å². The fraction of sp³-hybridized carbons (Fsp3) is 0.462. The Balaban J connectivity index is 3.13. The Morgan fingerprint density at radius 3 is 2.67 bits per heavy atom. The molecular weight excluding hydrogens is 233 g/mol. The molecule has 1 aromatic carbocycles. The van der Waals surface area contributed by atoms with Crippen LogP contribution in [-0.2, 0) is 0 Å². The molecule has 0 heterocycles. The van der Waals surface area contributed by atoms with Crippen LogP contribution in [0.25, 0.3) is 0 Å². The summed E-state index contributed by atoms with van der Waals surface area (Å²) in [7, 11) is 0. The molecule has 0 aromatic heterocycles. The molecule has 100 valence electrons. The standard InChI is InChI=1S/C13H20FN3O/c1-4-9(3)17(5-2)13(18)10-7-6-8-11(14)12(10)16-15/h6-9,16H,4-5,15H2,1-3H3. The SMILES string of the molecule is CCC(C)N(CC)C(=O)c1cccc(F)c1NN. The number of nitrogens with one attached hydrogen (secondary N) is 1. The van der Waals surface area contributed by atoms with Crippen LogP contribution in [0.2, 0.25) is 0 Å². The molecule has 1 aromatic rings. The van der Waals surface area contributed by atoms with Gasteiger partial charge < -0.3 is 10.3 Å². The highest BCUT2D eigenvalue weighted by atomic mass is 19.1. The van der Waals surface area contributed by atoms with Crippen molar-refractivity contribution in [1.82, 2.24) is 4.90 Å². The summed E-state index contributed by atoms with van der Waals surface area (Å²) in [6.07, 6.45) is 0.848. The van der Waals surface area contributed by atoms with Crippen LogP contribution in [0.15, 0.2) is 18.2 Å². The third kappa shape index (κ3) is 2.79. The number of nitrogens with zero attached hydrogens (tertiary/aromatic N) is 1. The van der Waals surface area contributed by atoms with Crippen LogP contribution in [0, 0.1) is 5.82 Å². The van der Waals surface area contributed by atoms with Crippen LogP contribution in [0.5, 0.6) is 0 Å². The lowest BCUT2D eigenvalue weighted by molar-refractivity contribution is 0.0700. The Morgan fingerprint density at radius 2 is 2.17 bits per heavy atom. The number of hydrogen-bond acceptors (Lipinski definition) is 3. The van der Waals surface area contributed by atoms with E-state index in [4.69, 9.17) is 5.84 Å². The topological polar surface area (TPSA) is 58.4 Å². The second-order valence-corrected chi connectivity index (χ2v) is 4.16. The van der Waals surface area contributed by atoms with Gasteiger partial charge >= 0.3 is 0 Å². The second-order valence-electron chi connectivity index (χ2n) is 4.16. The van der Waals surface area contributed by atoms with Gasteiger partial charge in [0.05, 0.1) is 11.3 Å². The van der Waals surface area contributed by atoms with E-state index < -0.39 is 5.82 Å². The summed E-state index contributed by atoms with van der Waals surface area (Å²) in [5.41, 5.74) is 2.57. The quantitative estimate of drug-likeness (QED) is 0.625. The van der Waals surface area contributed by atoms with Gasteiger partial charge in [0.25, 0.3) is 5.91 Å². The molecule has 0 saturated heterocycles. The van der Waals surface area contributed by atoms with Crippen molar-refractivity contribution in [2.45, 2.75) is 33.2 Å². The first-order valence-electron chi connectivity index (χ1n) is 6.12. The van der Waals surface area contributed by atoms with E-state index in [1.54, 1.807) is 11.0 Å². The summed E-state index contributed by atoms with van der Waals surface area (Å²) in [6, 6.07) is 4.46. The summed E-state index contributed by atoms with van der Waals surface area (Å²) in [5, 5.41) is 0. The first kappa shape index (κ1) is 14.4. The number of carbonyl (C=O) groups excluding carboxylic acids is 1. The number of amides is 1. The Kier molecular flexibility index (Phi) is 5.09. The zero-order valence-corrected chi connectivity index (χ0v) is 11.0. The molecule has 0 aliphatic heterocycles. The molecule has 1 rings (SSSR count). The Morgan fingerprint density at radius 1 is 1.50 bits per heavy atom. The summed E-state index contributed by atoms with van der Waals surface area (Å²) in [4.78, 5) is 14.1. The van der Waals surface area contributed by atoms with E-state index in [1.807, 2.05) is 20.8 Å². The first-order chi connectivity index (χ1) is 8.56. The van der Waals surface area contributed by atoms with Crippen LogP contribution in [-0.4, -0.2) is 23.4 Å². The highest BCUT2D eigenvalue weighted by molar-refractivity contribution is 5.99. The maximum absolute atomic E-state index is 13.5. The lowest BCUT2D eigenvalue weighted by Gasteiger charge is -2.28. The minimum absolute atomic E-state index is 0.0456. The Labute approximate surface area is 107 Å². The fourth-order valence-electron chi connectivity index (χ4n) is 1.88. The van der Waals surface area contributed by atoms with Gasteiger partial charge in [-0.15, -0.1) is 0 Å². The molecule has 18 heavy (non-hydrogen) atoms. The maximum Gasteiger partial charge on any atom is 0.256 e. The van der Waals surface area contributed by atoms with Gasteiger partial charge in [-0.3, -0.25) is 10.6 Å². The number of hydrazine groups is 1. The summed E-state index contributed by atoms with van der Waals surface area (Å²) in [6.45, 7) is 6.46. The number of para-hydroxylation sites is 1. The van der Waals surface area contributed by atoms with Crippen molar-refractivity contribution < 1.29 is 9.18 Å². The van der Waals surface area contributed by atoms with Gasteiger partial charge in [-0.2, -0.15) is 0 Å². The van der Waals surface area contributed by atoms with Gasteiger partial charge in [0.2, 0.25) is 0 Å². The molecule has 0 fully saturated rings. The molecule has 0 aliphatic rings. The van der Waals surface area contributed by atoms with Gasteiger partial charge in [-0.05, 0) is 32.4 Å². The molecule has 0 aliphatic carbocycles. The second kappa shape index (κ2) is 6.35. The maximum atomic E-state index is 13.5. The van der Waals surface area contributed by atoms with Crippen LogP contribution in [0.1, 0.15) is 37.6 Å². The van der Waals surface area contributed by atoms with Gasteiger partial charge in [-0.1, -0.05) is 13.0 Å². The third-order valence-electron chi connectivity index (χ3n) is 3.11. The summed E-state index contributed by atoms with van der Waals surface area (Å²) in [5.74, 6) is 4.55. The number of benzene rings is 1. The largest absolute Gasteiger partial charge is 0.336 e. The molecule has 1 unspecified atom stereocenters. The minimum Gasteiger partial charge on any atom is -0.336 e. The average Bonchev–Trinajstić information content (AvgIpc) is 2.38. The molecule has 3 N–H and O–H groups in total. The first-order valence-corrected chi connectivity index (χ1v) is 6.12. The lowest BCUT2D eigenvalue weighted by Crippen LogP contribution is -2.38. The van der Waals surface area contributed by atoms with Crippen LogP contribution < -0.4 is 11.3 Å². The van der Waals surface area contributed by atoms with Gasteiger partial charge in [0.1, 0.15) is 5.82 Å². The molecule has 1 atom stereocenters. The molecule has 0 bridgehead atoms. The molecule has 1 amide bonds. The number of anilines is 1. The number of rotatable bonds is 5. The van der Waals surface area contributed by atoms with E-state index in [1.165, 1.54) is 12.1 Å². The number of hydrogen-bond donors (Lipinski definition) is 2. The predicted molar refractivity (Wildman–Crippen MR) is 70.7 cm³/mol. The van der Waals surface area contributed by atoms with Crippen molar-refractivity contribution >= 4 is 11.6 Å². The number of halogens is 1. The Bertz CT molecular complexity index is 423. The third-order valence-corrected chi connectivity index (χ3v) is 3.11. The smallest absolute Gasteiger partial charge is 0.256 e. The van der Waals surface area contributed by atoms with E-state index in [2.05, 4.69) is 5.43 Å². The fourth-order valence-corrected chi connectivity index (χ4v) is 1.88. The predicted octanol–water partition coefficient (Wildman–Crippen LogP) is 2.37. The Hall–Kier alpha value is -1.62. The molecule has 5 heteroatoms. The van der Waals surface area contributed by atoms with Gasteiger partial charge in [0.15, 0.2) is 0 Å². The van der Waals surface area contributed by atoms with Crippen molar-refractivity contribution in [3.05, 3.63) is 29.6 Å². The molecule has 0 spiro atoms. The van der Waals surface area contributed by atoms with E-state index in [0.29, 0.717) is 6.54 Å². The minimum atomic E-state index is -0.524. The monoisotopic (exact) mass is 253 g/mol. The number of nitrogens with two attached hydrogens (primary N) is 1. The highest BCUT2D eigenvalue weighted by Gasteiger charge is 2.22. The zero-order valence-electron chi connectivity index (χ0n) is 11.0.